The Morgan fingerprint density at radius 1 is 1.08 bits per heavy atom. The van der Waals surface area contributed by atoms with Crippen LogP contribution in [0.1, 0.15) is 62.7 Å². The van der Waals surface area contributed by atoms with Gasteiger partial charge in [-0.1, -0.05) is 13.8 Å². The van der Waals surface area contributed by atoms with Crippen LogP contribution < -0.4 is 20.1 Å². The van der Waals surface area contributed by atoms with Crippen LogP contribution in [0.4, 0.5) is 0 Å². The molecule has 1 aromatic rings. The number of ether oxygens (including phenoxy) is 2. The van der Waals surface area contributed by atoms with E-state index in [1.807, 2.05) is 18.2 Å². The van der Waals surface area contributed by atoms with E-state index in [1.165, 1.54) is 12.8 Å². The fraction of sp³-hybridized carbons (Fsp3) is 0.650. The van der Waals surface area contributed by atoms with Gasteiger partial charge < -0.3 is 20.1 Å². The second kappa shape index (κ2) is 8.56. The second-order valence-corrected chi connectivity index (χ2v) is 7.14. The van der Waals surface area contributed by atoms with Crippen LogP contribution in [-0.2, 0) is 0 Å². The maximum Gasteiger partial charge on any atom is 0.251 e. The number of carbonyl (C=O) groups excluding carboxylic acids is 1. The van der Waals surface area contributed by atoms with Crippen molar-refractivity contribution in [2.24, 2.45) is 0 Å². The number of piperidine rings is 1. The highest BCUT2D eigenvalue weighted by Gasteiger charge is 2.34. The molecule has 0 aliphatic carbocycles. The first-order chi connectivity index (χ1) is 12.2. The molecular weight excluding hydrogens is 316 g/mol. The summed E-state index contributed by atoms with van der Waals surface area (Å²) in [5.41, 5.74) is 0.640. The molecule has 1 amide bonds. The number of nitrogens with one attached hydrogen (secondary N) is 2. The zero-order valence-corrected chi connectivity index (χ0v) is 15.3. The van der Waals surface area contributed by atoms with E-state index in [0.29, 0.717) is 42.4 Å². The van der Waals surface area contributed by atoms with Gasteiger partial charge in [-0.2, -0.15) is 0 Å². The van der Waals surface area contributed by atoms with Gasteiger partial charge >= 0.3 is 0 Å². The Kier molecular flexibility index (Phi) is 6.19. The van der Waals surface area contributed by atoms with Gasteiger partial charge in [-0.15, -0.1) is 0 Å². The molecular formula is C20H30N2O3. The van der Waals surface area contributed by atoms with Gasteiger partial charge in [0.05, 0.1) is 13.2 Å². The third kappa shape index (κ3) is 4.66. The summed E-state index contributed by atoms with van der Waals surface area (Å²) in [6.45, 7) is 5.40. The van der Waals surface area contributed by atoms with E-state index in [9.17, 15) is 4.79 Å². The lowest BCUT2D eigenvalue weighted by molar-refractivity contribution is 0.0923. The van der Waals surface area contributed by atoms with Gasteiger partial charge in [-0.05, 0) is 56.7 Å². The van der Waals surface area contributed by atoms with Gasteiger partial charge in [0, 0.05) is 23.7 Å². The molecule has 0 aromatic heterocycles. The Morgan fingerprint density at radius 2 is 1.72 bits per heavy atom. The highest BCUT2D eigenvalue weighted by Crippen LogP contribution is 2.30. The van der Waals surface area contributed by atoms with Crippen molar-refractivity contribution >= 4 is 5.91 Å². The summed E-state index contributed by atoms with van der Waals surface area (Å²) in [5.74, 6) is 1.36. The maximum absolute atomic E-state index is 12.7. The molecule has 2 bridgehead atoms. The Bertz CT molecular complexity index is 578. The van der Waals surface area contributed by atoms with Gasteiger partial charge in [-0.25, -0.2) is 0 Å². The molecule has 2 unspecified atom stereocenters. The average Bonchev–Trinajstić information content (AvgIpc) is 2.96. The number of rotatable bonds is 8. The molecule has 0 radical (unpaired) electrons. The predicted molar refractivity (Wildman–Crippen MR) is 98.4 cm³/mol. The molecule has 0 spiro atoms. The largest absolute Gasteiger partial charge is 0.490 e. The van der Waals surface area contributed by atoms with Crippen LogP contribution in [0.3, 0.4) is 0 Å². The minimum absolute atomic E-state index is 0.0188. The average molecular weight is 346 g/mol. The molecule has 2 atom stereocenters. The van der Waals surface area contributed by atoms with Crippen LogP contribution >= 0.6 is 0 Å². The summed E-state index contributed by atoms with van der Waals surface area (Å²) < 4.78 is 11.5. The van der Waals surface area contributed by atoms with Gasteiger partial charge in [0.2, 0.25) is 0 Å². The lowest BCUT2D eigenvalue weighted by Crippen LogP contribution is -2.48. The minimum Gasteiger partial charge on any atom is -0.490 e. The molecule has 2 aliphatic heterocycles. The molecule has 1 aromatic carbocycles. The van der Waals surface area contributed by atoms with Crippen LogP contribution in [0.2, 0.25) is 0 Å². The van der Waals surface area contributed by atoms with Crippen LogP contribution in [0.25, 0.3) is 0 Å². The first-order valence-electron chi connectivity index (χ1n) is 9.66. The number of hydrogen-bond acceptors (Lipinski definition) is 4. The van der Waals surface area contributed by atoms with E-state index in [-0.39, 0.29) is 11.9 Å². The van der Waals surface area contributed by atoms with Crippen molar-refractivity contribution in [1.29, 1.82) is 0 Å². The van der Waals surface area contributed by atoms with Crippen LogP contribution in [0.15, 0.2) is 18.2 Å². The first-order valence-corrected chi connectivity index (χ1v) is 9.66. The van der Waals surface area contributed by atoms with Crippen molar-refractivity contribution in [2.75, 3.05) is 13.2 Å². The Balaban J connectivity index is 1.66. The highest BCUT2D eigenvalue weighted by atomic mass is 16.5. The molecule has 2 aliphatic rings. The van der Waals surface area contributed by atoms with E-state index < -0.39 is 0 Å². The summed E-state index contributed by atoms with van der Waals surface area (Å²) in [6, 6.07) is 6.89. The van der Waals surface area contributed by atoms with E-state index >= 15 is 0 Å². The zero-order chi connectivity index (χ0) is 17.6. The van der Waals surface area contributed by atoms with Crippen molar-refractivity contribution in [3.8, 4) is 11.5 Å². The third-order valence-electron chi connectivity index (χ3n) is 4.94. The Labute approximate surface area is 150 Å². The third-order valence-corrected chi connectivity index (χ3v) is 4.94. The quantitative estimate of drug-likeness (QED) is 0.758. The molecule has 3 rings (SSSR count). The van der Waals surface area contributed by atoms with Crippen LogP contribution in [0.5, 0.6) is 11.5 Å². The van der Waals surface area contributed by atoms with Crippen molar-refractivity contribution in [3.63, 3.8) is 0 Å². The van der Waals surface area contributed by atoms with Gasteiger partial charge in [0.15, 0.2) is 11.5 Å². The number of amides is 1. The summed E-state index contributed by atoms with van der Waals surface area (Å²) in [6.07, 6.45) is 6.37. The monoisotopic (exact) mass is 346 g/mol. The van der Waals surface area contributed by atoms with Crippen LogP contribution in [0, 0.1) is 0 Å². The second-order valence-electron chi connectivity index (χ2n) is 7.14. The smallest absolute Gasteiger partial charge is 0.251 e. The first kappa shape index (κ1) is 18.1. The SMILES string of the molecule is CCCOc1ccc(C(=O)NC2CC3CCC(C2)N3)cc1OCCC. The molecule has 2 heterocycles. The number of hydrogen-bond donors (Lipinski definition) is 2. The molecule has 25 heavy (non-hydrogen) atoms. The fourth-order valence-electron chi connectivity index (χ4n) is 3.75. The summed E-state index contributed by atoms with van der Waals surface area (Å²) in [5, 5.41) is 6.81. The van der Waals surface area contributed by atoms with Gasteiger partial charge in [0.1, 0.15) is 0 Å². The predicted octanol–water partition coefficient (Wildman–Crippen LogP) is 3.28. The molecule has 2 fully saturated rings. The molecule has 138 valence electrons. The molecule has 0 saturated carbocycles. The maximum atomic E-state index is 12.7. The zero-order valence-electron chi connectivity index (χ0n) is 15.3. The fourth-order valence-corrected chi connectivity index (χ4v) is 3.75. The van der Waals surface area contributed by atoms with Crippen molar-refractivity contribution in [3.05, 3.63) is 23.8 Å². The molecule has 5 heteroatoms. The minimum atomic E-state index is -0.0188. The topological polar surface area (TPSA) is 59.6 Å². The van der Waals surface area contributed by atoms with Crippen molar-refractivity contribution in [1.82, 2.24) is 10.6 Å². The van der Waals surface area contributed by atoms with E-state index in [4.69, 9.17) is 9.47 Å². The summed E-state index contributed by atoms with van der Waals surface area (Å²) in [7, 11) is 0. The van der Waals surface area contributed by atoms with Crippen molar-refractivity contribution < 1.29 is 14.3 Å². The van der Waals surface area contributed by atoms with E-state index in [2.05, 4.69) is 24.5 Å². The van der Waals surface area contributed by atoms with E-state index in [0.717, 1.165) is 25.7 Å². The standard InChI is InChI=1S/C20H30N2O3/c1-3-9-24-18-8-5-14(11-19(18)25-10-4-2)20(23)22-17-12-15-6-7-16(13-17)21-15/h5,8,11,15-17,21H,3-4,6-7,9-10,12-13H2,1-2H3,(H,22,23). The number of benzene rings is 1. The lowest BCUT2D eigenvalue weighted by atomic mass is 9.99. The Morgan fingerprint density at radius 3 is 2.36 bits per heavy atom. The normalized spacial score (nSPS) is 24.8. The van der Waals surface area contributed by atoms with Crippen LogP contribution in [-0.4, -0.2) is 37.2 Å². The number of carbonyl (C=O) groups is 1. The summed E-state index contributed by atoms with van der Waals surface area (Å²) in [4.78, 5) is 12.7. The highest BCUT2D eigenvalue weighted by molar-refractivity contribution is 5.95. The van der Waals surface area contributed by atoms with E-state index in [1.54, 1.807) is 0 Å². The van der Waals surface area contributed by atoms with Gasteiger partial charge in [0.25, 0.3) is 5.91 Å². The van der Waals surface area contributed by atoms with Gasteiger partial charge in [-0.3, -0.25) is 4.79 Å². The number of fused-ring (bicyclic) bond motifs is 2. The summed E-state index contributed by atoms with van der Waals surface area (Å²) >= 11 is 0. The lowest BCUT2D eigenvalue weighted by Gasteiger charge is -2.29. The molecule has 2 N–H and O–H groups in total. The molecule has 2 saturated heterocycles. The molecule has 5 nitrogen and oxygen atoms in total. The van der Waals surface area contributed by atoms with Crippen molar-refractivity contribution in [2.45, 2.75) is 70.5 Å². The Hall–Kier alpha value is -1.75.